The Kier molecular flexibility index (Phi) is 8.88. The van der Waals surface area contributed by atoms with Gasteiger partial charge in [-0.1, -0.05) is 24.3 Å². The Balaban J connectivity index is 0.00000300. The Bertz CT molecular complexity index is 804. The van der Waals surface area contributed by atoms with Gasteiger partial charge in [-0.25, -0.2) is 0 Å². The lowest BCUT2D eigenvalue weighted by Gasteiger charge is -2.23. The second kappa shape index (κ2) is 11.1. The first-order chi connectivity index (χ1) is 13.6. The van der Waals surface area contributed by atoms with Crippen molar-refractivity contribution in [1.82, 2.24) is 10.2 Å². The Morgan fingerprint density at radius 1 is 1.17 bits per heavy atom. The van der Waals surface area contributed by atoms with Crippen LogP contribution in [0.1, 0.15) is 11.1 Å². The number of methoxy groups -OCH3 is 2. The van der Waals surface area contributed by atoms with Gasteiger partial charge in [-0.05, 0) is 35.7 Å². The highest BCUT2D eigenvalue weighted by Crippen LogP contribution is 2.28. The summed E-state index contributed by atoms with van der Waals surface area (Å²) in [6.45, 7) is 1.56. The van der Waals surface area contributed by atoms with E-state index in [9.17, 15) is 0 Å². The fourth-order valence-electron chi connectivity index (χ4n) is 3.40. The molecule has 2 aromatic carbocycles. The summed E-state index contributed by atoms with van der Waals surface area (Å²) in [5.41, 5.74) is 2.46. The lowest BCUT2D eigenvalue weighted by atomic mass is 10.1. The van der Waals surface area contributed by atoms with Crippen molar-refractivity contribution in [2.75, 3.05) is 41.4 Å². The molecule has 3 rings (SSSR count). The molecule has 1 N–H and O–H groups in total. The summed E-state index contributed by atoms with van der Waals surface area (Å²) in [5, 5.41) is 3.43. The molecule has 0 spiro atoms. The highest BCUT2D eigenvalue weighted by atomic mass is 127. The number of aliphatic imine (C=N–C) groups is 1. The molecule has 0 aliphatic carbocycles. The minimum Gasteiger partial charge on any atom is -0.493 e. The van der Waals surface area contributed by atoms with E-state index >= 15 is 0 Å². The van der Waals surface area contributed by atoms with Crippen molar-refractivity contribution in [3.05, 3.63) is 53.6 Å². The number of likely N-dealkylation sites (N-methyl/N-ethyl adjacent to an activating group) is 1. The van der Waals surface area contributed by atoms with Crippen molar-refractivity contribution in [2.45, 2.75) is 18.9 Å². The van der Waals surface area contributed by atoms with Gasteiger partial charge in [0.1, 0.15) is 11.9 Å². The monoisotopic (exact) mass is 511 g/mol. The van der Waals surface area contributed by atoms with Crippen LogP contribution in [-0.4, -0.2) is 58.4 Å². The van der Waals surface area contributed by atoms with Gasteiger partial charge in [0.25, 0.3) is 0 Å². The Labute approximate surface area is 190 Å². The van der Waals surface area contributed by atoms with Gasteiger partial charge in [0, 0.05) is 27.1 Å². The standard InChI is InChI=1S/C22H29N3O3.HI/c1-23-22(24-15-18-14-17-7-5-6-8-19(17)28-18)25(2)12-11-16-9-10-20(26-3)21(13-16)27-4;/h5-10,13,18H,11-12,14-15H2,1-4H3,(H,23,24);1H. The first-order valence-electron chi connectivity index (χ1n) is 9.51. The van der Waals surface area contributed by atoms with Gasteiger partial charge < -0.3 is 24.4 Å². The molecule has 0 bridgehead atoms. The van der Waals surface area contributed by atoms with Crippen LogP contribution >= 0.6 is 24.0 Å². The third-order valence-electron chi connectivity index (χ3n) is 4.96. The molecule has 0 saturated carbocycles. The summed E-state index contributed by atoms with van der Waals surface area (Å²) >= 11 is 0. The molecule has 1 atom stereocenters. The van der Waals surface area contributed by atoms with E-state index in [2.05, 4.69) is 33.4 Å². The third kappa shape index (κ3) is 5.91. The molecule has 7 heteroatoms. The minimum absolute atomic E-state index is 0. The molecule has 6 nitrogen and oxygen atoms in total. The second-order valence-electron chi connectivity index (χ2n) is 6.84. The minimum atomic E-state index is 0. The number of ether oxygens (including phenoxy) is 3. The number of nitrogens with zero attached hydrogens (tertiary/aromatic N) is 2. The third-order valence-corrected chi connectivity index (χ3v) is 4.96. The first kappa shape index (κ1) is 23.1. The number of para-hydroxylation sites is 1. The van der Waals surface area contributed by atoms with E-state index in [-0.39, 0.29) is 30.1 Å². The zero-order valence-electron chi connectivity index (χ0n) is 17.5. The summed E-state index contributed by atoms with van der Waals surface area (Å²) < 4.78 is 16.7. The number of hydrogen-bond donors (Lipinski definition) is 1. The topological polar surface area (TPSA) is 55.3 Å². The Morgan fingerprint density at radius 3 is 2.62 bits per heavy atom. The molecule has 1 heterocycles. The van der Waals surface area contributed by atoms with Gasteiger partial charge in [0.2, 0.25) is 0 Å². The number of guanidine groups is 1. The molecule has 0 amide bonds. The van der Waals surface area contributed by atoms with Crippen molar-refractivity contribution < 1.29 is 14.2 Å². The van der Waals surface area contributed by atoms with E-state index in [0.717, 1.165) is 49.1 Å². The number of nitrogens with one attached hydrogen (secondary N) is 1. The zero-order valence-corrected chi connectivity index (χ0v) is 19.8. The first-order valence-corrected chi connectivity index (χ1v) is 9.51. The van der Waals surface area contributed by atoms with Crippen molar-refractivity contribution >= 4 is 29.9 Å². The predicted octanol–water partition coefficient (Wildman–Crippen LogP) is 3.38. The Hall–Kier alpha value is -2.16. The van der Waals surface area contributed by atoms with E-state index in [1.54, 1.807) is 21.3 Å². The molecule has 0 radical (unpaired) electrons. The SMILES string of the molecule is CN=C(NCC1Cc2ccccc2O1)N(C)CCc1ccc(OC)c(OC)c1.I. The summed E-state index contributed by atoms with van der Waals surface area (Å²) in [4.78, 5) is 6.53. The highest BCUT2D eigenvalue weighted by molar-refractivity contribution is 14.0. The molecular formula is C22H30IN3O3. The summed E-state index contributed by atoms with van der Waals surface area (Å²) in [6, 6.07) is 14.2. The molecule has 0 saturated heterocycles. The van der Waals surface area contributed by atoms with Crippen molar-refractivity contribution in [1.29, 1.82) is 0 Å². The van der Waals surface area contributed by atoms with Crippen LogP contribution in [0.4, 0.5) is 0 Å². The van der Waals surface area contributed by atoms with Crippen LogP contribution in [0.3, 0.4) is 0 Å². The Morgan fingerprint density at radius 2 is 1.93 bits per heavy atom. The van der Waals surface area contributed by atoms with Crippen LogP contribution in [0.5, 0.6) is 17.2 Å². The van der Waals surface area contributed by atoms with E-state index in [1.807, 2.05) is 31.3 Å². The lowest BCUT2D eigenvalue weighted by molar-refractivity contribution is 0.233. The summed E-state index contributed by atoms with van der Waals surface area (Å²) in [6.07, 6.45) is 1.94. The van der Waals surface area contributed by atoms with Crippen LogP contribution in [-0.2, 0) is 12.8 Å². The molecule has 158 valence electrons. The van der Waals surface area contributed by atoms with E-state index in [0.29, 0.717) is 0 Å². The van der Waals surface area contributed by atoms with Gasteiger partial charge in [0.15, 0.2) is 17.5 Å². The van der Waals surface area contributed by atoms with Gasteiger partial charge in [-0.15, -0.1) is 24.0 Å². The highest BCUT2D eigenvalue weighted by Gasteiger charge is 2.22. The van der Waals surface area contributed by atoms with E-state index < -0.39 is 0 Å². The number of fused-ring (bicyclic) bond motifs is 1. The molecule has 0 aromatic heterocycles. The molecule has 2 aromatic rings. The fourth-order valence-corrected chi connectivity index (χ4v) is 3.40. The molecule has 1 unspecified atom stereocenters. The van der Waals surface area contributed by atoms with Gasteiger partial charge in [-0.2, -0.15) is 0 Å². The molecular weight excluding hydrogens is 481 g/mol. The summed E-state index contributed by atoms with van der Waals surface area (Å²) in [5.74, 6) is 3.35. The maximum atomic E-state index is 6.00. The predicted molar refractivity (Wildman–Crippen MR) is 127 cm³/mol. The van der Waals surface area contributed by atoms with E-state index in [1.165, 1.54) is 11.1 Å². The zero-order chi connectivity index (χ0) is 19.9. The second-order valence-corrected chi connectivity index (χ2v) is 6.84. The normalized spacial score (nSPS) is 15.0. The van der Waals surface area contributed by atoms with Crippen LogP contribution in [0, 0.1) is 0 Å². The van der Waals surface area contributed by atoms with Crippen molar-refractivity contribution in [3.8, 4) is 17.2 Å². The average Bonchev–Trinajstić information content (AvgIpc) is 3.15. The molecule has 1 aliphatic rings. The smallest absolute Gasteiger partial charge is 0.193 e. The average molecular weight is 511 g/mol. The lowest BCUT2D eigenvalue weighted by Crippen LogP contribution is -2.43. The largest absolute Gasteiger partial charge is 0.493 e. The maximum Gasteiger partial charge on any atom is 0.193 e. The van der Waals surface area contributed by atoms with E-state index in [4.69, 9.17) is 14.2 Å². The van der Waals surface area contributed by atoms with Crippen LogP contribution < -0.4 is 19.5 Å². The van der Waals surface area contributed by atoms with Gasteiger partial charge in [0.05, 0.1) is 20.8 Å². The molecule has 0 fully saturated rings. The van der Waals surface area contributed by atoms with Crippen molar-refractivity contribution in [3.63, 3.8) is 0 Å². The molecule has 1 aliphatic heterocycles. The van der Waals surface area contributed by atoms with Gasteiger partial charge >= 0.3 is 0 Å². The number of benzene rings is 2. The molecule has 29 heavy (non-hydrogen) atoms. The summed E-state index contributed by atoms with van der Waals surface area (Å²) in [7, 11) is 7.15. The quantitative estimate of drug-likeness (QED) is 0.351. The van der Waals surface area contributed by atoms with Crippen LogP contribution in [0.25, 0.3) is 0 Å². The van der Waals surface area contributed by atoms with Crippen LogP contribution in [0.2, 0.25) is 0 Å². The number of rotatable bonds is 7. The number of halogens is 1. The van der Waals surface area contributed by atoms with Gasteiger partial charge in [-0.3, -0.25) is 4.99 Å². The number of hydrogen-bond acceptors (Lipinski definition) is 4. The van der Waals surface area contributed by atoms with Crippen LogP contribution in [0.15, 0.2) is 47.5 Å². The van der Waals surface area contributed by atoms with Crippen molar-refractivity contribution in [2.24, 2.45) is 4.99 Å². The maximum absolute atomic E-state index is 6.00. The fraction of sp³-hybridized carbons (Fsp3) is 0.409.